The van der Waals surface area contributed by atoms with Gasteiger partial charge in [-0.05, 0) is 62.9 Å². The van der Waals surface area contributed by atoms with Gasteiger partial charge in [0.2, 0.25) is 0 Å². The van der Waals surface area contributed by atoms with Crippen molar-refractivity contribution in [1.29, 1.82) is 5.26 Å². The Morgan fingerprint density at radius 1 is 1.32 bits per heavy atom. The second kappa shape index (κ2) is 5.50. The molecule has 0 amide bonds. The van der Waals surface area contributed by atoms with Crippen molar-refractivity contribution in [3.8, 4) is 6.07 Å². The zero-order valence-electron chi connectivity index (χ0n) is 15.7. The summed E-state index contributed by atoms with van der Waals surface area (Å²) in [6, 6.07) is 2.25. The fraction of sp³-hybridized carbons (Fsp3) is 0.727. The SMILES string of the molecule is CCOC1=C=C2CC[C@@H]3C(=CC[C@@]4(C)[C@H]3CC[C@]4(O)C#N)[C@@]2(C)CC1. The maximum absolute atomic E-state index is 10.9. The summed E-state index contributed by atoms with van der Waals surface area (Å²) >= 11 is 0. The van der Waals surface area contributed by atoms with Crippen molar-refractivity contribution in [2.45, 2.75) is 71.3 Å². The van der Waals surface area contributed by atoms with Crippen molar-refractivity contribution in [1.82, 2.24) is 0 Å². The molecule has 5 atom stereocenters. The van der Waals surface area contributed by atoms with Crippen LogP contribution in [0.1, 0.15) is 65.7 Å². The van der Waals surface area contributed by atoms with Gasteiger partial charge in [0.05, 0.1) is 12.7 Å². The summed E-state index contributed by atoms with van der Waals surface area (Å²) in [4.78, 5) is 0. The third kappa shape index (κ3) is 2.14. The number of ether oxygens (including phenoxy) is 1. The number of allylic oxidation sites excluding steroid dienone is 3. The second-order valence-corrected chi connectivity index (χ2v) is 8.84. The lowest BCUT2D eigenvalue weighted by Crippen LogP contribution is -2.50. The highest BCUT2D eigenvalue weighted by Crippen LogP contribution is 2.65. The molecule has 3 heteroatoms. The van der Waals surface area contributed by atoms with Crippen molar-refractivity contribution < 1.29 is 9.84 Å². The third-order valence-electron chi connectivity index (χ3n) is 7.87. The Bertz CT molecular complexity index is 738. The van der Waals surface area contributed by atoms with Crippen LogP contribution in [0.15, 0.2) is 28.7 Å². The quantitative estimate of drug-likeness (QED) is 0.453. The fourth-order valence-corrected chi connectivity index (χ4v) is 6.23. The molecular formula is C22H29NO2. The number of rotatable bonds is 2. The van der Waals surface area contributed by atoms with Crippen molar-refractivity contribution in [2.75, 3.05) is 6.61 Å². The lowest BCUT2D eigenvalue weighted by Gasteiger charge is -2.53. The van der Waals surface area contributed by atoms with Crippen LogP contribution in [0.4, 0.5) is 0 Å². The maximum Gasteiger partial charge on any atom is 0.156 e. The first-order valence-corrected chi connectivity index (χ1v) is 9.84. The summed E-state index contributed by atoms with van der Waals surface area (Å²) in [7, 11) is 0. The molecule has 134 valence electrons. The van der Waals surface area contributed by atoms with Crippen LogP contribution in [0.25, 0.3) is 0 Å². The summed E-state index contributed by atoms with van der Waals surface area (Å²) in [5.41, 5.74) is 5.19. The first-order valence-electron chi connectivity index (χ1n) is 9.84. The van der Waals surface area contributed by atoms with Crippen LogP contribution in [0.2, 0.25) is 0 Å². The first-order chi connectivity index (χ1) is 11.9. The van der Waals surface area contributed by atoms with Crippen LogP contribution < -0.4 is 0 Å². The zero-order chi connectivity index (χ0) is 17.9. The molecule has 4 aliphatic carbocycles. The molecule has 0 aromatic heterocycles. The molecule has 0 heterocycles. The maximum atomic E-state index is 10.9. The minimum atomic E-state index is -1.16. The summed E-state index contributed by atoms with van der Waals surface area (Å²) in [5.74, 6) is 1.95. The molecule has 2 saturated carbocycles. The molecule has 25 heavy (non-hydrogen) atoms. The van der Waals surface area contributed by atoms with E-state index in [1.54, 1.807) is 5.57 Å². The molecule has 0 aliphatic heterocycles. The molecule has 3 nitrogen and oxygen atoms in total. The average molecular weight is 339 g/mol. The van der Waals surface area contributed by atoms with E-state index in [9.17, 15) is 10.4 Å². The van der Waals surface area contributed by atoms with Crippen molar-refractivity contribution in [2.24, 2.45) is 22.7 Å². The Kier molecular flexibility index (Phi) is 3.73. The summed E-state index contributed by atoms with van der Waals surface area (Å²) < 4.78 is 5.74. The van der Waals surface area contributed by atoms with E-state index in [0.717, 1.165) is 44.3 Å². The fourth-order valence-electron chi connectivity index (χ4n) is 6.23. The number of nitrogens with zero attached hydrogens (tertiary/aromatic N) is 1. The minimum absolute atomic E-state index is 0.0954. The highest BCUT2D eigenvalue weighted by Gasteiger charge is 2.62. The number of hydrogen-bond acceptors (Lipinski definition) is 3. The van der Waals surface area contributed by atoms with Gasteiger partial charge in [-0.15, -0.1) is 0 Å². The monoisotopic (exact) mass is 339 g/mol. The van der Waals surface area contributed by atoms with Crippen LogP contribution in [-0.2, 0) is 4.74 Å². The van der Waals surface area contributed by atoms with Crippen LogP contribution >= 0.6 is 0 Å². The minimum Gasteiger partial charge on any atom is -0.490 e. The van der Waals surface area contributed by atoms with Crippen LogP contribution in [-0.4, -0.2) is 17.3 Å². The highest BCUT2D eigenvalue weighted by molar-refractivity contribution is 5.40. The molecule has 0 aromatic rings. The lowest BCUT2D eigenvalue weighted by molar-refractivity contribution is -0.0389. The van der Waals surface area contributed by atoms with Gasteiger partial charge in [0.25, 0.3) is 0 Å². The number of hydrogen-bond donors (Lipinski definition) is 1. The molecule has 0 aromatic carbocycles. The van der Waals surface area contributed by atoms with E-state index in [1.807, 2.05) is 6.92 Å². The van der Waals surface area contributed by atoms with E-state index in [1.165, 1.54) is 5.57 Å². The van der Waals surface area contributed by atoms with Crippen molar-refractivity contribution >= 4 is 0 Å². The predicted octanol–water partition coefficient (Wildman–Crippen LogP) is 4.64. The van der Waals surface area contributed by atoms with Gasteiger partial charge in [0.1, 0.15) is 5.76 Å². The van der Waals surface area contributed by atoms with Crippen molar-refractivity contribution in [3.05, 3.63) is 28.7 Å². The van der Waals surface area contributed by atoms with Gasteiger partial charge in [-0.2, -0.15) is 5.26 Å². The van der Waals surface area contributed by atoms with Gasteiger partial charge in [0.15, 0.2) is 5.60 Å². The molecule has 2 fully saturated rings. The van der Waals surface area contributed by atoms with Crippen LogP contribution in [0.3, 0.4) is 0 Å². The Hall–Kier alpha value is -1.49. The number of aliphatic hydroxyl groups is 1. The van der Waals surface area contributed by atoms with E-state index in [2.05, 4.69) is 31.7 Å². The molecule has 0 unspecified atom stereocenters. The van der Waals surface area contributed by atoms with Gasteiger partial charge in [-0.1, -0.05) is 31.2 Å². The third-order valence-corrected chi connectivity index (χ3v) is 7.87. The highest BCUT2D eigenvalue weighted by atomic mass is 16.5. The van der Waals surface area contributed by atoms with Gasteiger partial charge >= 0.3 is 0 Å². The lowest BCUT2D eigenvalue weighted by atomic mass is 9.51. The Morgan fingerprint density at radius 3 is 2.84 bits per heavy atom. The van der Waals surface area contributed by atoms with Crippen LogP contribution in [0, 0.1) is 34.0 Å². The smallest absolute Gasteiger partial charge is 0.156 e. The van der Waals surface area contributed by atoms with Gasteiger partial charge in [-0.25, -0.2) is 0 Å². The van der Waals surface area contributed by atoms with E-state index in [0.29, 0.717) is 24.9 Å². The molecule has 0 bridgehead atoms. The molecule has 1 N–H and O–H groups in total. The predicted molar refractivity (Wildman–Crippen MR) is 96.3 cm³/mol. The van der Waals surface area contributed by atoms with Gasteiger partial charge in [-0.3, -0.25) is 0 Å². The number of fused-ring (bicyclic) bond motifs is 5. The Labute approximate surface area is 151 Å². The standard InChI is InChI=1S/C22H29NO2/c1-4-25-16-7-10-20(2)15(13-16)5-6-17-18(20)8-11-21(3)19(17)9-12-22(21,24)14-23/h8,17,19,24H,4-7,9-12H2,1-3H3/t17-,19+,20+,21+,22+/m1/s1. The van der Waals surface area contributed by atoms with Gasteiger partial charge in [0, 0.05) is 17.3 Å². The molecule has 4 aliphatic rings. The Balaban J connectivity index is 1.75. The second-order valence-electron chi connectivity index (χ2n) is 8.84. The molecule has 0 saturated heterocycles. The summed E-state index contributed by atoms with van der Waals surface area (Å²) in [6.07, 6.45) is 9.02. The largest absolute Gasteiger partial charge is 0.490 e. The first kappa shape index (κ1) is 17.0. The van der Waals surface area contributed by atoms with E-state index < -0.39 is 5.60 Å². The van der Waals surface area contributed by atoms with Gasteiger partial charge < -0.3 is 9.84 Å². The molecule has 0 spiro atoms. The average Bonchev–Trinajstić information content (AvgIpc) is 2.87. The Morgan fingerprint density at radius 2 is 2.12 bits per heavy atom. The molecular weight excluding hydrogens is 310 g/mol. The summed E-state index contributed by atoms with van der Waals surface area (Å²) in [6.45, 7) is 7.27. The van der Waals surface area contributed by atoms with E-state index >= 15 is 0 Å². The number of nitriles is 1. The van der Waals surface area contributed by atoms with E-state index in [4.69, 9.17) is 4.74 Å². The normalized spacial score (nSPS) is 45.2. The zero-order valence-corrected chi connectivity index (χ0v) is 15.7. The topological polar surface area (TPSA) is 53.2 Å². The molecule has 4 rings (SSSR count). The van der Waals surface area contributed by atoms with E-state index in [-0.39, 0.29) is 10.8 Å². The summed E-state index contributed by atoms with van der Waals surface area (Å²) in [5, 5.41) is 20.5. The van der Waals surface area contributed by atoms with Crippen molar-refractivity contribution in [3.63, 3.8) is 0 Å². The van der Waals surface area contributed by atoms with Crippen LogP contribution in [0.5, 0.6) is 0 Å². The molecule has 0 radical (unpaired) electrons.